The molecule has 0 fully saturated rings. The van der Waals surface area contributed by atoms with E-state index in [0.29, 0.717) is 13.1 Å². The molecule has 0 atom stereocenters. The smallest absolute Gasteiger partial charge is 0.191 e. The molecule has 0 aliphatic carbocycles. The maximum absolute atomic E-state index is 13.5. The molecule has 0 aliphatic heterocycles. The number of thiazole rings is 1. The monoisotopic (exact) mass is 508 g/mol. The zero-order chi connectivity index (χ0) is 18.1. The second kappa shape index (κ2) is 12.5. The molecule has 0 saturated carbocycles. The molecule has 0 aliphatic rings. The SMILES string of the molecule is CCNC(=NCc1ccc(F)cc1CSC)NCc1ncc(CC)s1.I. The van der Waals surface area contributed by atoms with Crippen LogP contribution in [0.15, 0.2) is 29.4 Å². The van der Waals surface area contributed by atoms with E-state index in [-0.39, 0.29) is 29.8 Å². The highest BCUT2D eigenvalue weighted by Gasteiger charge is 2.06. The van der Waals surface area contributed by atoms with Gasteiger partial charge in [-0.15, -0.1) is 35.3 Å². The van der Waals surface area contributed by atoms with E-state index in [2.05, 4.69) is 27.5 Å². The van der Waals surface area contributed by atoms with E-state index in [1.165, 1.54) is 10.9 Å². The summed E-state index contributed by atoms with van der Waals surface area (Å²) in [6.07, 6.45) is 4.95. The number of nitrogens with zero attached hydrogens (tertiary/aromatic N) is 2. The zero-order valence-electron chi connectivity index (χ0n) is 15.3. The molecular formula is C18H26FIN4S2. The fraction of sp³-hybridized carbons (Fsp3) is 0.444. The van der Waals surface area contributed by atoms with Gasteiger partial charge in [-0.1, -0.05) is 13.0 Å². The first kappa shape index (κ1) is 23.2. The van der Waals surface area contributed by atoms with Crippen LogP contribution in [0.1, 0.15) is 34.9 Å². The standard InChI is InChI=1S/C18H25FN4S2.HI/c1-4-16-10-21-17(25-16)11-23-18(20-5-2)22-9-13-6-7-15(19)8-14(13)12-24-3;/h6-8,10H,4-5,9,11-12H2,1-3H3,(H2,20,22,23);1H. The van der Waals surface area contributed by atoms with Crippen molar-refractivity contribution in [2.75, 3.05) is 12.8 Å². The van der Waals surface area contributed by atoms with E-state index < -0.39 is 0 Å². The van der Waals surface area contributed by atoms with Gasteiger partial charge in [-0.05, 0) is 42.9 Å². The molecule has 0 bridgehead atoms. The number of aliphatic imine (C=N–C) groups is 1. The molecule has 0 spiro atoms. The van der Waals surface area contributed by atoms with Crippen LogP contribution in [0.3, 0.4) is 0 Å². The van der Waals surface area contributed by atoms with E-state index in [1.54, 1.807) is 29.2 Å². The highest BCUT2D eigenvalue weighted by molar-refractivity contribution is 14.0. The Labute approximate surface area is 180 Å². The Morgan fingerprint density at radius 1 is 1.27 bits per heavy atom. The molecule has 26 heavy (non-hydrogen) atoms. The number of rotatable bonds is 8. The minimum absolute atomic E-state index is 0. The summed E-state index contributed by atoms with van der Waals surface area (Å²) < 4.78 is 13.5. The van der Waals surface area contributed by atoms with Gasteiger partial charge < -0.3 is 10.6 Å². The lowest BCUT2D eigenvalue weighted by Crippen LogP contribution is -2.36. The summed E-state index contributed by atoms with van der Waals surface area (Å²) in [6.45, 7) is 6.12. The third kappa shape index (κ3) is 7.40. The Morgan fingerprint density at radius 2 is 2.08 bits per heavy atom. The van der Waals surface area contributed by atoms with Gasteiger partial charge in [0.05, 0.1) is 13.1 Å². The third-order valence-electron chi connectivity index (χ3n) is 3.58. The lowest BCUT2D eigenvalue weighted by Gasteiger charge is -2.11. The predicted molar refractivity (Wildman–Crippen MR) is 122 cm³/mol. The van der Waals surface area contributed by atoms with Gasteiger partial charge in [-0.3, -0.25) is 0 Å². The van der Waals surface area contributed by atoms with Crippen LogP contribution in [0, 0.1) is 5.82 Å². The molecule has 8 heteroatoms. The molecule has 1 aromatic heterocycles. The van der Waals surface area contributed by atoms with Crippen molar-refractivity contribution in [2.45, 2.75) is 39.1 Å². The van der Waals surface area contributed by atoms with Crippen molar-refractivity contribution < 1.29 is 4.39 Å². The quantitative estimate of drug-likeness (QED) is 0.312. The molecule has 1 heterocycles. The number of aromatic nitrogens is 1. The second-order valence-corrected chi connectivity index (χ2v) is 7.53. The molecule has 0 unspecified atom stereocenters. The summed E-state index contributed by atoms with van der Waals surface area (Å²) in [6, 6.07) is 4.92. The van der Waals surface area contributed by atoms with Crippen molar-refractivity contribution in [1.29, 1.82) is 0 Å². The van der Waals surface area contributed by atoms with Crippen molar-refractivity contribution in [1.82, 2.24) is 15.6 Å². The van der Waals surface area contributed by atoms with Gasteiger partial charge in [0.2, 0.25) is 0 Å². The molecule has 0 amide bonds. The van der Waals surface area contributed by atoms with Crippen molar-refractivity contribution in [3.63, 3.8) is 0 Å². The summed E-state index contributed by atoms with van der Waals surface area (Å²) in [5.74, 6) is 1.33. The van der Waals surface area contributed by atoms with Crippen LogP contribution in [0.4, 0.5) is 4.39 Å². The highest BCUT2D eigenvalue weighted by atomic mass is 127. The van der Waals surface area contributed by atoms with Gasteiger partial charge in [0.1, 0.15) is 10.8 Å². The van der Waals surface area contributed by atoms with E-state index in [1.807, 2.05) is 25.4 Å². The average Bonchev–Trinajstić information content (AvgIpc) is 3.07. The van der Waals surface area contributed by atoms with Crippen molar-refractivity contribution in [2.24, 2.45) is 4.99 Å². The Balaban J connectivity index is 0.00000338. The van der Waals surface area contributed by atoms with Crippen molar-refractivity contribution in [3.05, 3.63) is 51.2 Å². The molecule has 2 N–H and O–H groups in total. The zero-order valence-corrected chi connectivity index (χ0v) is 19.3. The van der Waals surface area contributed by atoms with Gasteiger partial charge in [0, 0.05) is 23.4 Å². The lowest BCUT2D eigenvalue weighted by atomic mass is 10.1. The number of hydrogen-bond acceptors (Lipinski definition) is 4. The maximum atomic E-state index is 13.5. The molecule has 2 aromatic rings. The first-order chi connectivity index (χ1) is 12.2. The van der Waals surface area contributed by atoms with Crippen LogP contribution in [0.2, 0.25) is 0 Å². The van der Waals surface area contributed by atoms with Crippen molar-refractivity contribution in [3.8, 4) is 0 Å². The topological polar surface area (TPSA) is 49.3 Å². The van der Waals surface area contributed by atoms with E-state index >= 15 is 0 Å². The summed E-state index contributed by atoms with van der Waals surface area (Å²) >= 11 is 3.40. The number of aryl methyl sites for hydroxylation is 1. The molecule has 4 nitrogen and oxygen atoms in total. The summed E-state index contributed by atoms with van der Waals surface area (Å²) in [4.78, 5) is 10.3. The molecule has 0 radical (unpaired) electrons. The maximum Gasteiger partial charge on any atom is 0.191 e. The Morgan fingerprint density at radius 3 is 2.73 bits per heavy atom. The van der Waals surface area contributed by atoms with Crippen LogP contribution < -0.4 is 10.6 Å². The molecule has 1 aromatic carbocycles. The Hall–Kier alpha value is -0.870. The third-order valence-corrected chi connectivity index (χ3v) is 5.32. The van der Waals surface area contributed by atoms with Gasteiger partial charge in [-0.25, -0.2) is 14.4 Å². The van der Waals surface area contributed by atoms with Crippen molar-refractivity contribution >= 4 is 53.0 Å². The van der Waals surface area contributed by atoms with E-state index in [4.69, 9.17) is 0 Å². The number of benzene rings is 1. The van der Waals surface area contributed by atoms with Gasteiger partial charge >= 0.3 is 0 Å². The lowest BCUT2D eigenvalue weighted by molar-refractivity contribution is 0.625. The van der Waals surface area contributed by atoms with Gasteiger partial charge in [0.15, 0.2) is 5.96 Å². The largest absolute Gasteiger partial charge is 0.357 e. The first-order valence-corrected chi connectivity index (χ1v) is 10.6. The minimum atomic E-state index is -0.197. The molecule has 144 valence electrons. The van der Waals surface area contributed by atoms with Crippen LogP contribution in [0.5, 0.6) is 0 Å². The molecular weight excluding hydrogens is 482 g/mol. The van der Waals surface area contributed by atoms with Gasteiger partial charge in [-0.2, -0.15) is 11.8 Å². The predicted octanol–water partition coefficient (Wildman–Crippen LogP) is 4.58. The number of guanidine groups is 1. The summed E-state index contributed by atoms with van der Waals surface area (Å²) in [7, 11) is 0. The van der Waals surface area contributed by atoms with E-state index in [9.17, 15) is 4.39 Å². The molecule has 0 saturated heterocycles. The number of nitrogens with one attached hydrogen (secondary N) is 2. The second-order valence-electron chi connectivity index (χ2n) is 5.47. The van der Waals surface area contributed by atoms with Gasteiger partial charge in [0.25, 0.3) is 0 Å². The summed E-state index contributed by atoms with van der Waals surface area (Å²) in [5.41, 5.74) is 2.05. The average molecular weight is 508 g/mol. The Kier molecular flexibility index (Phi) is 11.1. The minimum Gasteiger partial charge on any atom is -0.357 e. The highest BCUT2D eigenvalue weighted by Crippen LogP contribution is 2.17. The molecule has 2 rings (SSSR count). The summed E-state index contributed by atoms with van der Waals surface area (Å²) in [5, 5.41) is 7.61. The van der Waals surface area contributed by atoms with E-state index in [0.717, 1.165) is 40.8 Å². The van der Waals surface area contributed by atoms with Crippen LogP contribution in [-0.4, -0.2) is 23.7 Å². The first-order valence-electron chi connectivity index (χ1n) is 8.38. The number of halogens is 2. The Bertz CT molecular complexity index is 706. The number of thioether (sulfide) groups is 1. The normalized spacial score (nSPS) is 11.2. The van der Waals surface area contributed by atoms with Crippen LogP contribution >= 0.6 is 47.1 Å². The fourth-order valence-corrected chi connectivity index (χ4v) is 3.68. The van der Waals surface area contributed by atoms with Crippen LogP contribution in [0.25, 0.3) is 0 Å². The van der Waals surface area contributed by atoms with Crippen LogP contribution in [-0.2, 0) is 25.3 Å². The number of hydrogen-bond donors (Lipinski definition) is 2. The fourth-order valence-electron chi connectivity index (χ4n) is 2.30.